The Balaban J connectivity index is 1.12. The van der Waals surface area contributed by atoms with Gasteiger partial charge >= 0.3 is 0 Å². The Labute approximate surface area is 195 Å². The van der Waals surface area contributed by atoms with Gasteiger partial charge in [0.15, 0.2) is 0 Å². The molecule has 0 aliphatic carbocycles. The van der Waals surface area contributed by atoms with Gasteiger partial charge in [0.25, 0.3) is 0 Å². The molecule has 0 unspecified atom stereocenters. The Bertz CT molecular complexity index is 1140. The van der Waals surface area contributed by atoms with Crippen LogP contribution in [0.5, 0.6) is 0 Å². The number of anilines is 2. The molecule has 0 bridgehead atoms. The third-order valence-electron chi connectivity index (χ3n) is 5.94. The SMILES string of the molecule is O=C(CCCCCCCC(=O)Nc1cccc2ccccc12)Nc1cccc2ccccc12. The van der Waals surface area contributed by atoms with E-state index < -0.39 is 0 Å². The van der Waals surface area contributed by atoms with E-state index in [1.165, 1.54) is 0 Å². The van der Waals surface area contributed by atoms with Crippen molar-refractivity contribution in [2.75, 3.05) is 10.6 Å². The summed E-state index contributed by atoms with van der Waals surface area (Å²) >= 11 is 0. The minimum absolute atomic E-state index is 0.0563. The van der Waals surface area contributed by atoms with E-state index in [4.69, 9.17) is 0 Å². The van der Waals surface area contributed by atoms with Crippen LogP contribution < -0.4 is 10.6 Å². The van der Waals surface area contributed by atoms with Gasteiger partial charge in [-0.05, 0) is 35.7 Å². The summed E-state index contributed by atoms with van der Waals surface area (Å²) in [6.07, 6.45) is 5.78. The molecule has 0 atom stereocenters. The average molecular weight is 439 g/mol. The van der Waals surface area contributed by atoms with Crippen LogP contribution in [0.2, 0.25) is 0 Å². The van der Waals surface area contributed by atoms with Gasteiger partial charge in [0.05, 0.1) is 0 Å². The monoisotopic (exact) mass is 438 g/mol. The van der Waals surface area contributed by atoms with Crippen molar-refractivity contribution in [2.45, 2.75) is 44.9 Å². The van der Waals surface area contributed by atoms with Crippen LogP contribution in [0.4, 0.5) is 11.4 Å². The first-order valence-electron chi connectivity index (χ1n) is 11.8. The van der Waals surface area contributed by atoms with E-state index in [1.54, 1.807) is 0 Å². The number of hydrogen-bond donors (Lipinski definition) is 2. The molecule has 0 saturated heterocycles. The lowest BCUT2D eigenvalue weighted by Gasteiger charge is -2.09. The van der Waals surface area contributed by atoms with Gasteiger partial charge in [0, 0.05) is 35.0 Å². The number of nitrogens with one attached hydrogen (secondary N) is 2. The summed E-state index contributed by atoms with van der Waals surface area (Å²) in [5.41, 5.74) is 1.74. The zero-order valence-electron chi connectivity index (χ0n) is 18.8. The van der Waals surface area contributed by atoms with E-state index in [0.717, 1.165) is 65.0 Å². The van der Waals surface area contributed by atoms with Crippen molar-refractivity contribution >= 4 is 44.7 Å². The van der Waals surface area contributed by atoms with Crippen molar-refractivity contribution in [3.8, 4) is 0 Å². The molecule has 2 N–H and O–H groups in total. The van der Waals surface area contributed by atoms with Crippen LogP contribution in [-0.4, -0.2) is 11.8 Å². The quantitative estimate of drug-likeness (QED) is 0.255. The molecule has 168 valence electrons. The predicted octanol–water partition coefficient (Wildman–Crippen LogP) is 7.30. The minimum atomic E-state index is 0.0563. The number of fused-ring (bicyclic) bond motifs is 2. The predicted molar refractivity (Wildman–Crippen MR) is 137 cm³/mol. The zero-order valence-corrected chi connectivity index (χ0v) is 18.8. The van der Waals surface area contributed by atoms with Crippen molar-refractivity contribution in [3.63, 3.8) is 0 Å². The Morgan fingerprint density at radius 2 is 0.879 bits per heavy atom. The molecule has 0 spiro atoms. The lowest BCUT2D eigenvalue weighted by Crippen LogP contribution is -2.11. The highest BCUT2D eigenvalue weighted by Gasteiger charge is 2.07. The average Bonchev–Trinajstić information content (AvgIpc) is 2.84. The molecule has 0 radical (unpaired) electrons. The molecular weight excluding hydrogens is 408 g/mol. The molecule has 4 aromatic carbocycles. The van der Waals surface area contributed by atoms with Gasteiger partial charge in [-0.2, -0.15) is 0 Å². The van der Waals surface area contributed by atoms with Gasteiger partial charge in [0.1, 0.15) is 0 Å². The Kier molecular flexibility index (Phi) is 7.70. The molecule has 0 saturated carbocycles. The van der Waals surface area contributed by atoms with E-state index >= 15 is 0 Å². The summed E-state index contributed by atoms with van der Waals surface area (Å²) in [7, 11) is 0. The number of unbranched alkanes of at least 4 members (excludes halogenated alkanes) is 4. The number of rotatable bonds is 10. The first kappa shape index (κ1) is 22.5. The van der Waals surface area contributed by atoms with E-state index in [0.29, 0.717) is 12.8 Å². The number of carbonyl (C=O) groups excluding carboxylic acids is 2. The maximum Gasteiger partial charge on any atom is 0.224 e. The summed E-state index contributed by atoms with van der Waals surface area (Å²) in [5.74, 6) is 0.113. The molecule has 4 rings (SSSR count). The molecule has 4 heteroatoms. The topological polar surface area (TPSA) is 58.2 Å². The van der Waals surface area contributed by atoms with Gasteiger partial charge in [0.2, 0.25) is 11.8 Å². The Morgan fingerprint density at radius 3 is 1.36 bits per heavy atom. The molecule has 0 aliphatic rings. The fourth-order valence-electron chi connectivity index (χ4n) is 4.20. The third kappa shape index (κ3) is 6.19. The fraction of sp³-hybridized carbons (Fsp3) is 0.241. The normalized spacial score (nSPS) is 10.9. The number of amides is 2. The Hall–Kier alpha value is -3.66. The maximum atomic E-state index is 12.3. The molecular formula is C29H30N2O2. The van der Waals surface area contributed by atoms with Crippen molar-refractivity contribution < 1.29 is 9.59 Å². The second-order valence-corrected chi connectivity index (χ2v) is 8.42. The molecule has 0 aromatic heterocycles. The lowest BCUT2D eigenvalue weighted by atomic mass is 10.1. The molecule has 0 heterocycles. The van der Waals surface area contributed by atoms with Crippen molar-refractivity contribution in [1.29, 1.82) is 0 Å². The van der Waals surface area contributed by atoms with Gasteiger partial charge in [-0.15, -0.1) is 0 Å². The summed E-state index contributed by atoms with van der Waals surface area (Å²) < 4.78 is 0. The number of hydrogen-bond acceptors (Lipinski definition) is 2. The summed E-state index contributed by atoms with van der Waals surface area (Å²) in [5, 5.41) is 10.5. The van der Waals surface area contributed by atoms with Gasteiger partial charge in [-0.3, -0.25) is 9.59 Å². The van der Waals surface area contributed by atoms with Crippen LogP contribution >= 0.6 is 0 Å². The summed E-state index contributed by atoms with van der Waals surface area (Å²) in [4.78, 5) is 24.7. The molecule has 2 amide bonds. The highest BCUT2D eigenvalue weighted by molar-refractivity contribution is 6.03. The van der Waals surface area contributed by atoms with Gasteiger partial charge in [-0.1, -0.05) is 92.1 Å². The van der Waals surface area contributed by atoms with Crippen molar-refractivity contribution in [3.05, 3.63) is 84.9 Å². The molecule has 0 fully saturated rings. The van der Waals surface area contributed by atoms with E-state index in [9.17, 15) is 9.59 Å². The highest BCUT2D eigenvalue weighted by atomic mass is 16.2. The summed E-state index contributed by atoms with van der Waals surface area (Å²) in [6.45, 7) is 0. The molecule has 0 aliphatic heterocycles. The molecule has 4 aromatic rings. The minimum Gasteiger partial charge on any atom is -0.326 e. The molecule has 33 heavy (non-hydrogen) atoms. The van der Waals surface area contributed by atoms with Crippen molar-refractivity contribution in [1.82, 2.24) is 0 Å². The first-order chi connectivity index (χ1) is 16.2. The van der Waals surface area contributed by atoms with Crippen LogP contribution in [0.25, 0.3) is 21.5 Å². The Morgan fingerprint density at radius 1 is 0.485 bits per heavy atom. The van der Waals surface area contributed by atoms with E-state index in [-0.39, 0.29) is 11.8 Å². The standard InChI is InChI=1S/C29H30N2O2/c32-28(30-26-18-10-14-22-12-6-8-16-24(22)26)20-4-2-1-3-5-21-29(33)31-27-19-11-15-23-13-7-9-17-25(23)27/h6-19H,1-5,20-21H2,(H,30,32)(H,31,33). The van der Waals surface area contributed by atoms with Crippen LogP contribution in [0.15, 0.2) is 84.9 Å². The highest BCUT2D eigenvalue weighted by Crippen LogP contribution is 2.24. The summed E-state index contributed by atoms with van der Waals surface area (Å²) in [6, 6.07) is 28.1. The second-order valence-electron chi connectivity index (χ2n) is 8.42. The van der Waals surface area contributed by atoms with Crippen LogP contribution in [0, 0.1) is 0 Å². The second kappa shape index (κ2) is 11.3. The molecule has 4 nitrogen and oxygen atoms in total. The van der Waals surface area contributed by atoms with Gasteiger partial charge < -0.3 is 10.6 Å². The third-order valence-corrected chi connectivity index (χ3v) is 5.94. The van der Waals surface area contributed by atoms with Gasteiger partial charge in [-0.25, -0.2) is 0 Å². The van der Waals surface area contributed by atoms with E-state index in [2.05, 4.69) is 10.6 Å². The fourth-order valence-corrected chi connectivity index (χ4v) is 4.20. The van der Waals surface area contributed by atoms with Crippen LogP contribution in [0.3, 0.4) is 0 Å². The zero-order chi connectivity index (χ0) is 22.9. The van der Waals surface area contributed by atoms with Crippen molar-refractivity contribution in [2.24, 2.45) is 0 Å². The maximum absolute atomic E-state index is 12.3. The number of carbonyl (C=O) groups is 2. The first-order valence-corrected chi connectivity index (χ1v) is 11.8. The van der Waals surface area contributed by atoms with Crippen LogP contribution in [-0.2, 0) is 9.59 Å². The number of benzene rings is 4. The van der Waals surface area contributed by atoms with Crippen LogP contribution in [0.1, 0.15) is 44.9 Å². The largest absolute Gasteiger partial charge is 0.326 e. The van der Waals surface area contributed by atoms with E-state index in [1.807, 2.05) is 84.9 Å². The smallest absolute Gasteiger partial charge is 0.224 e. The lowest BCUT2D eigenvalue weighted by molar-refractivity contribution is -0.117.